The predicted octanol–water partition coefficient (Wildman–Crippen LogP) is 2.04. The molecule has 0 heterocycles. The quantitative estimate of drug-likeness (QED) is 0.672. The van der Waals surface area contributed by atoms with Gasteiger partial charge in [-0.05, 0) is 11.8 Å². The summed E-state index contributed by atoms with van der Waals surface area (Å²) in [4.78, 5) is 11.3. The summed E-state index contributed by atoms with van der Waals surface area (Å²) in [6.45, 7) is 8.59. The van der Waals surface area contributed by atoms with Gasteiger partial charge in [-0.2, -0.15) is 0 Å². The fraction of sp³-hybridized carbons (Fsp3) is 0.545. The number of hydrogen-bond donors (Lipinski definition) is 1. The summed E-state index contributed by atoms with van der Waals surface area (Å²) in [5.74, 6) is 0.225. The van der Waals surface area contributed by atoms with Gasteiger partial charge in [0.15, 0.2) is 5.78 Å². The Morgan fingerprint density at radius 1 is 1.62 bits per heavy atom. The second-order valence-corrected chi connectivity index (χ2v) is 4.32. The molecule has 0 bridgehead atoms. The molecule has 0 aromatic heterocycles. The van der Waals surface area contributed by atoms with E-state index in [9.17, 15) is 4.79 Å². The first-order chi connectivity index (χ1) is 6.03. The summed E-state index contributed by atoms with van der Waals surface area (Å²) in [6, 6.07) is 0. The van der Waals surface area contributed by atoms with E-state index in [4.69, 9.17) is 0 Å². The van der Waals surface area contributed by atoms with Crippen molar-refractivity contribution in [1.82, 2.24) is 5.32 Å². The molecule has 1 aliphatic rings. The Hall–Kier alpha value is -1.05. The molecule has 0 aliphatic heterocycles. The maximum atomic E-state index is 11.3. The lowest BCUT2D eigenvalue weighted by Gasteiger charge is -2.29. The van der Waals surface area contributed by atoms with Crippen molar-refractivity contribution in [2.45, 2.75) is 26.7 Å². The van der Waals surface area contributed by atoms with Gasteiger partial charge in [-0.3, -0.25) is 4.79 Å². The number of nitrogens with one attached hydrogen (secondary N) is 1. The highest BCUT2D eigenvalue weighted by Gasteiger charge is 2.26. The number of allylic oxidation sites excluding steroid dienone is 2. The minimum atomic E-state index is 0.106. The van der Waals surface area contributed by atoms with Crippen molar-refractivity contribution < 1.29 is 4.79 Å². The molecule has 0 saturated carbocycles. The van der Waals surface area contributed by atoms with Crippen molar-refractivity contribution in [2.75, 3.05) is 6.54 Å². The molecule has 0 fully saturated rings. The Labute approximate surface area is 79.7 Å². The van der Waals surface area contributed by atoms with Gasteiger partial charge in [-0.15, -0.1) is 6.58 Å². The molecule has 0 spiro atoms. The number of carbonyl (C=O) groups is 1. The zero-order valence-corrected chi connectivity index (χ0v) is 8.39. The van der Waals surface area contributed by atoms with Gasteiger partial charge in [0.25, 0.3) is 0 Å². The maximum absolute atomic E-state index is 11.3. The van der Waals surface area contributed by atoms with Gasteiger partial charge >= 0.3 is 0 Å². The Kier molecular flexibility index (Phi) is 2.91. The van der Waals surface area contributed by atoms with Crippen LogP contribution < -0.4 is 5.32 Å². The van der Waals surface area contributed by atoms with Crippen LogP contribution in [0.1, 0.15) is 26.7 Å². The normalized spacial score (nSPS) is 20.8. The molecule has 0 saturated heterocycles. The van der Waals surface area contributed by atoms with E-state index >= 15 is 0 Å². The van der Waals surface area contributed by atoms with Crippen molar-refractivity contribution in [2.24, 2.45) is 5.41 Å². The number of carbonyl (C=O) groups excluding carboxylic acids is 1. The predicted molar refractivity (Wildman–Crippen MR) is 54.3 cm³/mol. The van der Waals surface area contributed by atoms with Crippen molar-refractivity contribution >= 4 is 5.78 Å². The van der Waals surface area contributed by atoms with Gasteiger partial charge in [0.2, 0.25) is 0 Å². The summed E-state index contributed by atoms with van der Waals surface area (Å²) in [6.07, 6.45) is 5.13. The SMILES string of the molecule is C=CCNC1=CC(=O)CC(C)(C)C1. The van der Waals surface area contributed by atoms with Crippen LogP contribution in [-0.4, -0.2) is 12.3 Å². The Morgan fingerprint density at radius 3 is 2.85 bits per heavy atom. The van der Waals surface area contributed by atoms with E-state index in [0.29, 0.717) is 6.42 Å². The zero-order chi connectivity index (χ0) is 9.90. The smallest absolute Gasteiger partial charge is 0.157 e. The van der Waals surface area contributed by atoms with Crippen molar-refractivity contribution in [3.8, 4) is 0 Å². The third-order valence-electron chi connectivity index (χ3n) is 2.13. The van der Waals surface area contributed by atoms with Gasteiger partial charge in [0, 0.05) is 24.7 Å². The molecule has 0 amide bonds. The third-order valence-corrected chi connectivity index (χ3v) is 2.13. The van der Waals surface area contributed by atoms with Crippen molar-refractivity contribution in [3.05, 3.63) is 24.4 Å². The van der Waals surface area contributed by atoms with Crippen LogP contribution in [0.2, 0.25) is 0 Å². The van der Waals surface area contributed by atoms with Crippen LogP contribution in [0.3, 0.4) is 0 Å². The molecule has 13 heavy (non-hydrogen) atoms. The summed E-state index contributed by atoms with van der Waals surface area (Å²) in [5, 5.41) is 3.18. The van der Waals surface area contributed by atoms with Crippen LogP contribution in [0, 0.1) is 5.41 Å². The standard InChI is InChI=1S/C11H17NO/c1-4-5-12-9-6-10(13)8-11(2,3)7-9/h4,6,12H,1,5,7-8H2,2-3H3. The number of ketones is 1. The molecule has 1 rings (SSSR count). The molecular weight excluding hydrogens is 162 g/mol. The summed E-state index contributed by atoms with van der Waals surface area (Å²) in [7, 11) is 0. The van der Waals surface area contributed by atoms with Crippen LogP contribution in [0.25, 0.3) is 0 Å². The molecule has 0 atom stereocenters. The Morgan fingerprint density at radius 2 is 2.31 bits per heavy atom. The largest absolute Gasteiger partial charge is 0.385 e. The fourth-order valence-electron chi connectivity index (χ4n) is 1.66. The van der Waals surface area contributed by atoms with E-state index in [2.05, 4.69) is 25.7 Å². The van der Waals surface area contributed by atoms with E-state index in [-0.39, 0.29) is 11.2 Å². The Balaban J connectivity index is 2.63. The lowest BCUT2D eigenvalue weighted by atomic mass is 9.79. The average Bonchev–Trinajstić information content (AvgIpc) is 1.97. The molecule has 0 unspecified atom stereocenters. The van der Waals surface area contributed by atoms with E-state index in [1.54, 1.807) is 12.2 Å². The van der Waals surface area contributed by atoms with Crippen molar-refractivity contribution in [3.63, 3.8) is 0 Å². The van der Waals surface area contributed by atoms with E-state index in [1.807, 2.05) is 0 Å². The first-order valence-corrected chi connectivity index (χ1v) is 4.62. The van der Waals surface area contributed by atoms with Gasteiger partial charge in [-0.1, -0.05) is 19.9 Å². The number of hydrogen-bond acceptors (Lipinski definition) is 2. The van der Waals surface area contributed by atoms with E-state index < -0.39 is 0 Å². The Bertz CT molecular complexity index is 251. The molecule has 1 aliphatic carbocycles. The maximum Gasteiger partial charge on any atom is 0.157 e. The van der Waals surface area contributed by atoms with Gasteiger partial charge < -0.3 is 5.32 Å². The van der Waals surface area contributed by atoms with Crippen LogP contribution >= 0.6 is 0 Å². The fourth-order valence-corrected chi connectivity index (χ4v) is 1.66. The van der Waals surface area contributed by atoms with Crippen LogP contribution in [0.4, 0.5) is 0 Å². The monoisotopic (exact) mass is 179 g/mol. The van der Waals surface area contributed by atoms with E-state index in [1.165, 1.54) is 0 Å². The zero-order valence-electron chi connectivity index (χ0n) is 8.39. The molecule has 0 aromatic rings. The van der Waals surface area contributed by atoms with Gasteiger partial charge in [0.1, 0.15) is 0 Å². The lowest BCUT2D eigenvalue weighted by molar-refractivity contribution is -0.117. The summed E-state index contributed by atoms with van der Waals surface area (Å²) < 4.78 is 0. The third kappa shape index (κ3) is 3.05. The molecular formula is C11H17NO. The molecule has 0 aromatic carbocycles. The van der Waals surface area contributed by atoms with Crippen LogP contribution in [-0.2, 0) is 4.79 Å². The number of rotatable bonds is 3. The second kappa shape index (κ2) is 3.77. The summed E-state index contributed by atoms with van der Waals surface area (Å²) >= 11 is 0. The first-order valence-electron chi connectivity index (χ1n) is 4.62. The highest BCUT2D eigenvalue weighted by molar-refractivity contribution is 5.91. The molecule has 2 heteroatoms. The topological polar surface area (TPSA) is 29.1 Å². The average molecular weight is 179 g/mol. The molecule has 0 radical (unpaired) electrons. The first kappa shape index (κ1) is 10.0. The van der Waals surface area contributed by atoms with Crippen LogP contribution in [0.5, 0.6) is 0 Å². The highest BCUT2D eigenvalue weighted by atomic mass is 16.1. The second-order valence-electron chi connectivity index (χ2n) is 4.32. The van der Waals surface area contributed by atoms with Gasteiger partial charge in [-0.25, -0.2) is 0 Å². The van der Waals surface area contributed by atoms with E-state index in [0.717, 1.165) is 18.7 Å². The van der Waals surface area contributed by atoms with Gasteiger partial charge in [0.05, 0.1) is 0 Å². The summed E-state index contributed by atoms with van der Waals surface area (Å²) in [5.41, 5.74) is 1.15. The highest BCUT2D eigenvalue weighted by Crippen LogP contribution is 2.32. The molecule has 72 valence electrons. The van der Waals surface area contributed by atoms with Crippen molar-refractivity contribution in [1.29, 1.82) is 0 Å². The minimum absolute atomic E-state index is 0.106. The van der Waals surface area contributed by atoms with Crippen LogP contribution in [0.15, 0.2) is 24.4 Å². The lowest BCUT2D eigenvalue weighted by Crippen LogP contribution is -2.27. The molecule has 1 N–H and O–H groups in total. The minimum Gasteiger partial charge on any atom is -0.385 e. The molecule has 2 nitrogen and oxygen atoms in total.